The third-order valence-corrected chi connectivity index (χ3v) is 7.73. The van der Waals surface area contributed by atoms with Crippen LogP contribution < -0.4 is 32.8 Å². The molecule has 0 nitrogen and oxygen atoms in total. The van der Waals surface area contributed by atoms with Gasteiger partial charge in [0.15, 0.2) is 0 Å². The molecule has 0 bridgehead atoms. The summed E-state index contributed by atoms with van der Waals surface area (Å²) in [6.45, 7) is 4.92. The molecular formula is C32H24B2. The lowest BCUT2D eigenvalue weighted by atomic mass is 9.36. The summed E-state index contributed by atoms with van der Waals surface area (Å²) in [6.07, 6.45) is 0. The minimum atomic E-state index is 0.255. The predicted octanol–water partition coefficient (Wildman–Crippen LogP) is 3.30. The number of hydrogen-bond acceptors (Lipinski definition) is 0. The second-order valence-corrected chi connectivity index (χ2v) is 9.86. The number of benzene rings is 5. The average molecular weight is 430 g/mol. The summed E-state index contributed by atoms with van der Waals surface area (Å²) >= 11 is 0. The Bertz CT molecular complexity index is 1600. The van der Waals surface area contributed by atoms with Gasteiger partial charge in [-0.2, -0.15) is 0 Å². The SMILES string of the molecule is Cc1cccc(B2c3ccccc3-c3c2ccc2c3B(c3cccc(C)c3)c3ccccc3-2)c1. The fraction of sp³-hybridized carbons (Fsp3) is 0.0625. The number of rotatable bonds is 2. The van der Waals surface area contributed by atoms with E-state index in [4.69, 9.17) is 0 Å². The van der Waals surface area contributed by atoms with Crippen molar-refractivity contribution in [2.45, 2.75) is 13.8 Å². The van der Waals surface area contributed by atoms with E-state index in [-0.39, 0.29) is 13.4 Å². The molecule has 0 N–H and O–H groups in total. The lowest BCUT2D eigenvalue weighted by Gasteiger charge is -2.17. The molecule has 0 aliphatic carbocycles. The summed E-state index contributed by atoms with van der Waals surface area (Å²) < 4.78 is 0. The molecule has 2 heterocycles. The van der Waals surface area contributed by atoms with Crippen LogP contribution in [0.3, 0.4) is 0 Å². The van der Waals surface area contributed by atoms with Crippen LogP contribution in [0.25, 0.3) is 22.3 Å². The van der Waals surface area contributed by atoms with Crippen LogP contribution in [-0.2, 0) is 0 Å². The van der Waals surface area contributed by atoms with Crippen molar-refractivity contribution in [3.63, 3.8) is 0 Å². The maximum Gasteiger partial charge on any atom is 0.243 e. The second kappa shape index (κ2) is 7.37. The van der Waals surface area contributed by atoms with Crippen molar-refractivity contribution >= 4 is 46.2 Å². The minimum absolute atomic E-state index is 0.255. The van der Waals surface area contributed by atoms with Gasteiger partial charge in [-0.15, -0.1) is 0 Å². The molecule has 0 unspecified atom stereocenters. The Hall–Kier alpha value is -3.77. The number of fused-ring (bicyclic) bond motifs is 7. The number of aryl methyl sites for hydroxylation is 2. The Morgan fingerprint density at radius 2 is 1.03 bits per heavy atom. The van der Waals surface area contributed by atoms with Crippen molar-refractivity contribution in [1.29, 1.82) is 0 Å². The van der Waals surface area contributed by atoms with E-state index in [2.05, 4.69) is 123 Å². The molecule has 0 saturated heterocycles. The highest BCUT2D eigenvalue weighted by Gasteiger charge is 2.41. The highest BCUT2D eigenvalue weighted by Crippen LogP contribution is 2.30. The highest BCUT2D eigenvalue weighted by atomic mass is 14.3. The van der Waals surface area contributed by atoms with Crippen molar-refractivity contribution in [2.24, 2.45) is 0 Å². The van der Waals surface area contributed by atoms with Gasteiger partial charge in [-0.1, -0.05) is 153 Å². The molecule has 7 rings (SSSR count). The van der Waals surface area contributed by atoms with Crippen LogP contribution in [0.1, 0.15) is 11.1 Å². The summed E-state index contributed by atoms with van der Waals surface area (Å²) in [5, 5.41) is 0. The Kier molecular flexibility index (Phi) is 4.26. The fourth-order valence-electron chi connectivity index (χ4n) is 6.41. The van der Waals surface area contributed by atoms with Crippen LogP contribution in [0.15, 0.2) is 109 Å². The van der Waals surface area contributed by atoms with Crippen LogP contribution in [-0.4, -0.2) is 13.4 Å². The lowest BCUT2D eigenvalue weighted by molar-refractivity contribution is 1.49. The Morgan fingerprint density at radius 1 is 0.441 bits per heavy atom. The highest BCUT2D eigenvalue weighted by molar-refractivity contribution is 7.03. The third kappa shape index (κ3) is 2.75. The number of hydrogen-bond donors (Lipinski definition) is 0. The van der Waals surface area contributed by atoms with Crippen LogP contribution in [0.4, 0.5) is 0 Å². The zero-order chi connectivity index (χ0) is 22.8. The predicted molar refractivity (Wildman–Crippen MR) is 149 cm³/mol. The first kappa shape index (κ1) is 19.7. The molecule has 2 aliphatic heterocycles. The van der Waals surface area contributed by atoms with Gasteiger partial charge in [0.05, 0.1) is 0 Å². The monoisotopic (exact) mass is 430 g/mol. The average Bonchev–Trinajstić information content (AvgIpc) is 3.37. The van der Waals surface area contributed by atoms with Crippen molar-refractivity contribution < 1.29 is 0 Å². The smallest absolute Gasteiger partial charge is 0.0683 e. The molecule has 5 aromatic carbocycles. The van der Waals surface area contributed by atoms with Gasteiger partial charge < -0.3 is 0 Å². The van der Waals surface area contributed by atoms with E-state index >= 15 is 0 Å². The van der Waals surface area contributed by atoms with E-state index in [0.717, 1.165) is 0 Å². The molecule has 0 aromatic heterocycles. The van der Waals surface area contributed by atoms with Crippen molar-refractivity contribution in [3.05, 3.63) is 120 Å². The van der Waals surface area contributed by atoms with Crippen LogP contribution in [0, 0.1) is 13.8 Å². The topological polar surface area (TPSA) is 0 Å². The summed E-state index contributed by atoms with van der Waals surface area (Å²) in [5.41, 5.74) is 16.8. The largest absolute Gasteiger partial charge is 0.243 e. The molecule has 5 aromatic rings. The Balaban J connectivity index is 1.56. The van der Waals surface area contributed by atoms with E-state index in [1.165, 1.54) is 66.2 Å². The maximum atomic E-state index is 2.40. The van der Waals surface area contributed by atoms with Gasteiger partial charge in [-0.05, 0) is 36.1 Å². The van der Waals surface area contributed by atoms with E-state index in [1.807, 2.05) is 0 Å². The molecular weight excluding hydrogens is 406 g/mol. The third-order valence-electron chi connectivity index (χ3n) is 7.73. The summed E-state index contributed by atoms with van der Waals surface area (Å²) in [4.78, 5) is 0. The van der Waals surface area contributed by atoms with Crippen LogP contribution >= 0.6 is 0 Å². The Morgan fingerprint density at radius 3 is 1.71 bits per heavy atom. The zero-order valence-corrected chi connectivity index (χ0v) is 19.5. The minimum Gasteiger partial charge on any atom is -0.0683 e. The second-order valence-electron chi connectivity index (χ2n) is 9.86. The quantitative estimate of drug-likeness (QED) is 0.370. The normalized spacial score (nSPS) is 12.9. The zero-order valence-electron chi connectivity index (χ0n) is 19.5. The standard InChI is InChI=1S/C32H24B2/c1-21-9-7-11-23(19-21)33-29-16-6-4-14-27(29)31-30(33)18-17-26-25-13-3-5-15-28(25)34(32(26)31)24-12-8-10-22(2)20-24/h3-20H,1-2H3. The first-order chi connectivity index (χ1) is 16.7. The molecule has 0 saturated carbocycles. The van der Waals surface area contributed by atoms with Crippen LogP contribution in [0.5, 0.6) is 0 Å². The molecule has 0 spiro atoms. The van der Waals surface area contributed by atoms with E-state index in [0.29, 0.717) is 0 Å². The van der Waals surface area contributed by atoms with Crippen molar-refractivity contribution in [2.75, 3.05) is 0 Å². The molecule has 34 heavy (non-hydrogen) atoms. The Labute approximate surface area is 202 Å². The van der Waals surface area contributed by atoms with Gasteiger partial charge in [-0.3, -0.25) is 0 Å². The molecule has 0 atom stereocenters. The summed E-state index contributed by atoms with van der Waals surface area (Å²) in [7, 11) is 0. The van der Waals surface area contributed by atoms with Gasteiger partial charge in [0, 0.05) is 0 Å². The van der Waals surface area contributed by atoms with Gasteiger partial charge in [-0.25, -0.2) is 0 Å². The van der Waals surface area contributed by atoms with Gasteiger partial charge in [0.25, 0.3) is 0 Å². The van der Waals surface area contributed by atoms with Crippen molar-refractivity contribution in [3.8, 4) is 22.3 Å². The van der Waals surface area contributed by atoms with Gasteiger partial charge in [0.1, 0.15) is 0 Å². The van der Waals surface area contributed by atoms with Crippen LogP contribution in [0.2, 0.25) is 0 Å². The molecule has 2 heteroatoms. The molecule has 158 valence electrons. The maximum absolute atomic E-state index is 2.40. The summed E-state index contributed by atoms with van der Waals surface area (Å²) in [5.74, 6) is 0. The summed E-state index contributed by atoms with van der Waals surface area (Å²) in [6, 6.07) is 41.0. The molecule has 2 aliphatic rings. The van der Waals surface area contributed by atoms with E-state index in [9.17, 15) is 0 Å². The van der Waals surface area contributed by atoms with Gasteiger partial charge in [0.2, 0.25) is 13.4 Å². The lowest BCUT2D eigenvalue weighted by Crippen LogP contribution is -2.52. The van der Waals surface area contributed by atoms with E-state index in [1.54, 1.807) is 0 Å². The molecule has 0 amide bonds. The first-order valence-electron chi connectivity index (χ1n) is 12.2. The molecule has 0 radical (unpaired) electrons. The first-order valence-corrected chi connectivity index (χ1v) is 12.2. The van der Waals surface area contributed by atoms with Gasteiger partial charge >= 0.3 is 0 Å². The fourth-order valence-corrected chi connectivity index (χ4v) is 6.41. The molecule has 0 fully saturated rings. The van der Waals surface area contributed by atoms with Crippen molar-refractivity contribution in [1.82, 2.24) is 0 Å². The van der Waals surface area contributed by atoms with E-state index < -0.39 is 0 Å².